The molecule has 0 spiro atoms. The Bertz CT molecular complexity index is 682. The summed E-state index contributed by atoms with van der Waals surface area (Å²) in [6.45, 7) is 2.88. The minimum atomic E-state index is 0.574. The molecule has 134 valence electrons. The van der Waals surface area contributed by atoms with Gasteiger partial charge >= 0.3 is 0 Å². The number of para-hydroxylation sites is 1. The Labute approximate surface area is 148 Å². The fraction of sp³-hybridized carbons (Fsp3) is 0.500. The highest BCUT2D eigenvalue weighted by Gasteiger charge is 2.14. The van der Waals surface area contributed by atoms with E-state index < -0.39 is 0 Å². The van der Waals surface area contributed by atoms with Gasteiger partial charge in [-0.05, 0) is 25.0 Å². The van der Waals surface area contributed by atoms with E-state index in [4.69, 9.17) is 4.74 Å². The van der Waals surface area contributed by atoms with Crippen molar-refractivity contribution >= 4 is 5.96 Å². The number of hydrogen-bond acceptors (Lipinski definition) is 4. The molecular weight excluding hydrogens is 316 g/mol. The van der Waals surface area contributed by atoms with Crippen LogP contribution in [0.1, 0.15) is 30.9 Å². The molecule has 7 heteroatoms. The number of ether oxygens (including phenoxy) is 1. The molecular formula is C18H26N6O. The summed E-state index contributed by atoms with van der Waals surface area (Å²) in [4.78, 5) is 4.24. The number of nitrogens with zero attached hydrogens (tertiary/aromatic N) is 4. The van der Waals surface area contributed by atoms with Gasteiger partial charge in [0.05, 0.1) is 13.1 Å². The second-order valence-corrected chi connectivity index (χ2v) is 6.01. The molecule has 0 bridgehead atoms. The summed E-state index contributed by atoms with van der Waals surface area (Å²) in [5, 5.41) is 15.2. The van der Waals surface area contributed by atoms with Gasteiger partial charge < -0.3 is 19.9 Å². The zero-order valence-electron chi connectivity index (χ0n) is 14.7. The average Bonchev–Trinajstić information content (AvgIpc) is 2.88. The molecule has 0 saturated heterocycles. The average molecular weight is 342 g/mol. The molecule has 0 fully saturated rings. The summed E-state index contributed by atoms with van der Waals surface area (Å²) in [7, 11) is 1.76. The van der Waals surface area contributed by atoms with E-state index >= 15 is 0 Å². The van der Waals surface area contributed by atoms with Crippen molar-refractivity contribution in [3.05, 3.63) is 42.0 Å². The Hall–Kier alpha value is -2.57. The smallest absolute Gasteiger partial charge is 0.191 e. The van der Waals surface area contributed by atoms with Crippen molar-refractivity contribution < 1.29 is 4.74 Å². The van der Waals surface area contributed by atoms with E-state index in [9.17, 15) is 0 Å². The topological polar surface area (TPSA) is 76.4 Å². The van der Waals surface area contributed by atoms with Gasteiger partial charge in [0, 0.05) is 20.0 Å². The molecule has 0 saturated carbocycles. The van der Waals surface area contributed by atoms with E-state index in [0.29, 0.717) is 19.7 Å². The third kappa shape index (κ3) is 4.95. The Morgan fingerprint density at radius 1 is 1.16 bits per heavy atom. The summed E-state index contributed by atoms with van der Waals surface area (Å²) in [5.74, 6) is 3.69. The number of fused-ring (bicyclic) bond motifs is 1. The van der Waals surface area contributed by atoms with Crippen LogP contribution in [0.15, 0.2) is 35.3 Å². The summed E-state index contributed by atoms with van der Waals surface area (Å²) in [5.41, 5.74) is 0. The minimum absolute atomic E-state index is 0.574. The van der Waals surface area contributed by atoms with Crippen LogP contribution in [0.25, 0.3) is 0 Å². The van der Waals surface area contributed by atoms with Gasteiger partial charge in [0.25, 0.3) is 0 Å². The molecule has 0 amide bonds. The van der Waals surface area contributed by atoms with Crippen molar-refractivity contribution in [2.75, 3.05) is 20.2 Å². The second kappa shape index (κ2) is 9.05. The van der Waals surface area contributed by atoms with E-state index in [1.165, 1.54) is 19.3 Å². The first-order valence-electron chi connectivity index (χ1n) is 8.90. The van der Waals surface area contributed by atoms with Crippen molar-refractivity contribution in [3.8, 4) is 5.75 Å². The Balaban J connectivity index is 1.43. The quantitative estimate of drug-likeness (QED) is 0.475. The van der Waals surface area contributed by atoms with Gasteiger partial charge in [0.15, 0.2) is 11.8 Å². The molecule has 0 atom stereocenters. The van der Waals surface area contributed by atoms with Crippen LogP contribution >= 0.6 is 0 Å². The molecule has 1 aliphatic rings. The van der Waals surface area contributed by atoms with Gasteiger partial charge in [0.2, 0.25) is 0 Å². The zero-order chi connectivity index (χ0) is 17.3. The van der Waals surface area contributed by atoms with Crippen LogP contribution in [0, 0.1) is 0 Å². The minimum Gasteiger partial charge on any atom is -0.492 e. The van der Waals surface area contributed by atoms with Crippen LogP contribution in [0.2, 0.25) is 0 Å². The van der Waals surface area contributed by atoms with Gasteiger partial charge in [-0.1, -0.05) is 24.6 Å². The highest BCUT2D eigenvalue weighted by molar-refractivity contribution is 5.79. The molecule has 0 aliphatic carbocycles. The first-order valence-corrected chi connectivity index (χ1v) is 8.90. The molecule has 0 unspecified atom stereocenters. The molecule has 2 aromatic rings. The number of guanidine groups is 1. The van der Waals surface area contributed by atoms with Crippen molar-refractivity contribution in [2.45, 2.75) is 38.8 Å². The van der Waals surface area contributed by atoms with Crippen molar-refractivity contribution in [2.24, 2.45) is 4.99 Å². The SMILES string of the molecule is CN=C(NCCOc1ccccc1)NCc1nnc2n1CCCCC2. The lowest BCUT2D eigenvalue weighted by molar-refractivity contribution is 0.322. The summed E-state index contributed by atoms with van der Waals surface area (Å²) < 4.78 is 7.91. The molecule has 25 heavy (non-hydrogen) atoms. The molecule has 0 radical (unpaired) electrons. The van der Waals surface area contributed by atoms with Crippen molar-refractivity contribution in [1.82, 2.24) is 25.4 Å². The maximum absolute atomic E-state index is 5.67. The summed E-state index contributed by atoms with van der Waals surface area (Å²) >= 11 is 0. The van der Waals surface area contributed by atoms with E-state index in [0.717, 1.165) is 36.3 Å². The van der Waals surface area contributed by atoms with Crippen LogP contribution in [0.4, 0.5) is 0 Å². The molecule has 1 aromatic carbocycles. The Kier molecular flexibility index (Phi) is 6.25. The first kappa shape index (κ1) is 17.3. The Morgan fingerprint density at radius 2 is 2.04 bits per heavy atom. The van der Waals surface area contributed by atoms with Crippen molar-refractivity contribution in [1.29, 1.82) is 0 Å². The van der Waals surface area contributed by atoms with Gasteiger partial charge in [-0.15, -0.1) is 10.2 Å². The van der Waals surface area contributed by atoms with E-state index in [2.05, 4.69) is 30.4 Å². The molecule has 2 heterocycles. The van der Waals surface area contributed by atoms with Crippen LogP contribution < -0.4 is 15.4 Å². The number of benzene rings is 1. The number of hydrogen-bond donors (Lipinski definition) is 2. The van der Waals surface area contributed by atoms with Gasteiger partial charge in [-0.3, -0.25) is 4.99 Å². The lowest BCUT2D eigenvalue weighted by atomic mass is 10.2. The van der Waals surface area contributed by atoms with Crippen LogP contribution in [0.5, 0.6) is 5.75 Å². The van der Waals surface area contributed by atoms with E-state index in [1.54, 1.807) is 7.05 Å². The van der Waals surface area contributed by atoms with Gasteiger partial charge in [-0.2, -0.15) is 0 Å². The lowest BCUT2D eigenvalue weighted by Crippen LogP contribution is -2.39. The molecule has 2 N–H and O–H groups in total. The predicted octanol–water partition coefficient (Wildman–Crippen LogP) is 1.75. The fourth-order valence-electron chi connectivity index (χ4n) is 2.91. The maximum atomic E-state index is 5.67. The summed E-state index contributed by atoms with van der Waals surface area (Å²) in [6, 6.07) is 9.80. The normalized spacial score (nSPS) is 14.5. The molecule has 3 rings (SSSR count). The van der Waals surface area contributed by atoms with Crippen LogP contribution in [-0.4, -0.2) is 40.9 Å². The second-order valence-electron chi connectivity index (χ2n) is 6.01. The standard InChI is InChI=1S/C18H26N6O/c1-19-18(20-11-13-25-15-8-4-2-5-9-15)21-14-17-23-22-16-10-6-3-7-12-24(16)17/h2,4-5,8-9H,3,6-7,10-14H2,1H3,(H2,19,20,21). The predicted molar refractivity (Wildman–Crippen MR) is 97.7 cm³/mol. The van der Waals surface area contributed by atoms with E-state index in [1.807, 2.05) is 30.3 Å². The Morgan fingerprint density at radius 3 is 2.88 bits per heavy atom. The van der Waals surface area contributed by atoms with Crippen LogP contribution in [0.3, 0.4) is 0 Å². The highest BCUT2D eigenvalue weighted by atomic mass is 16.5. The number of aryl methyl sites for hydroxylation is 1. The molecule has 1 aliphatic heterocycles. The number of aliphatic imine (C=N–C) groups is 1. The monoisotopic (exact) mass is 342 g/mol. The largest absolute Gasteiger partial charge is 0.492 e. The number of aromatic nitrogens is 3. The molecule has 7 nitrogen and oxygen atoms in total. The first-order chi connectivity index (χ1) is 12.4. The van der Waals surface area contributed by atoms with Crippen molar-refractivity contribution in [3.63, 3.8) is 0 Å². The zero-order valence-corrected chi connectivity index (χ0v) is 14.7. The van der Waals surface area contributed by atoms with Crippen LogP contribution in [-0.2, 0) is 19.5 Å². The lowest BCUT2D eigenvalue weighted by Gasteiger charge is -2.13. The number of rotatable bonds is 6. The fourth-order valence-corrected chi connectivity index (χ4v) is 2.91. The molecule has 1 aromatic heterocycles. The van der Waals surface area contributed by atoms with E-state index in [-0.39, 0.29) is 0 Å². The third-order valence-electron chi connectivity index (χ3n) is 4.23. The van der Waals surface area contributed by atoms with Gasteiger partial charge in [-0.25, -0.2) is 0 Å². The number of nitrogens with one attached hydrogen (secondary N) is 2. The maximum Gasteiger partial charge on any atom is 0.191 e. The van der Waals surface area contributed by atoms with Gasteiger partial charge in [0.1, 0.15) is 18.2 Å². The summed E-state index contributed by atoms with van der Waals surface area (Å²) in [6.07, 6.45) is 4.69. The third-order valence-corrected chi connectivity index (χ3v) is 4.23. The highest BCUT2D eigenvalue weighted by Crippen LogP contribution is 2.14.